The average molecular weight is 349 g/mol. The van der Waals surface area contributed by atoms with Gasteiger partial charge in [-0.05, 0) is 66.6 Å². The number of halogens is 1. The second-order valence-corrected chi connectivity index (χ2v) is 7.15. The molecule has 0 radical (unpaired) electrons. The van der Waals surface area contributed by atoms with E-state index in [1.165, 1.54) is 23.5 Å². The van der Waals surface area contributed by atoms with E-state index >= 15 is 0 Å². The molecule has 3 rings (SSSR count). The molecule has 2 aromatic rings. The summed E-state index contributed by atoms with van der Waals surface area (Å²) in [5, 5.41) is 21.3. The van der Waals surface area contributed by atoms with Crippen LogP contribution in [0.5, 0.6) is 0 Å². The van der Waals surface area contributed by atoms with Crippen LogP contribution in [-0.2, 0) is 6.54 Å². The Morgan fingerprint density at radius 2 is 1.96 bits per heavy atom. The van der Waals surface area contributed by atoms with E-state index in [1.54, 1.807) is 18.2 Å². The lowest BCUT2D eigenvalue weighted by Crippen LogP contribution is -2.35. The molecule has 128 valence electrons. The van der Waals surface area contributed by atoms with Gasteiger partial charge in [0, 0.05) is 6.54 Å². The third-order valence-electron chi connectivity index (χ3n) is 4.56. The fourth-order valence-corrected chi connectivity index (χ4v) is 3.93. The van der Waals surface area contributed by atoms with Crippen LogP contribution in [0.2, 0.25) is 0 Å². The van der Waals surface area contributed by atoms with Crippen molar-refractivity contribution >= 4 is 17.3 Å². The summed E-state index contributed by atoms with van der Waals surface area (Å²) in [6, 6.07) is 7.78. The smallest absolute Gasteiger partial charge is 0.345 e. The Morgan fingerprint density at radius 1 is 1.29 bits per heavy atom. The van der Waals surface area contributed by atoms with E-state index in [9.17, 15) is 14.3 Å². The first kappa shape index (κ1) is 17.1. The molecular weight excluding hydrogens is 329 g/mol. The molecule has 2 heterocycles. The van der Waals surface area contributed by atoms with Crippen LogP contribution in [-0.4, -0.2) is 34.2 Å². The van der Waals surface area contributed by atoms with E-state index in [0.29, 0.717) is 4.88 Å². The lowest BCUT2D eigenvalue weighted by molar-refractivity contribution is 0.0567. The van der Waals surface area contributed by atoms with Gasteiger partial charge in [-0.1, -0.05) is 12.1 Å². The second-order valence-electron chi connectivity index (χ2n) is 6.23. The lowest BCUT2D eigenvalue weighted by atomic mass is 9.87. The monoisotopic (exact) mass is 349 g/mol. The zero-order chi connectivity index (χ0) is 17.1. The molecule has 0 spiro atoms. The molecular formula is C18H20FNO3S. The van der Waals surface area contributed by atoms with Crippen LogP contribution in [0.1, 0.15) is 39.7 Å². The predicted octanol–water partition coefficient (Wildman–Crippen LogP) is 3.53. The highest BCUT2D eigenvalue weighted by Crippen LogP contribution is 2.31. The standard InChI is InChI=1S/C18H20FNO3S/c19-15-3-1-13(2-4-15)17(21)14-5-7-20(8-6-14)10-12-9-16(18(22)23)24-11-12/h1-4,9,11,14,17,21H,5-8,10H2,(H,22,23). The van der Waals surface area contributed by atoms with Gasteiger partial charge < -0.3 is 10.2 Å². The van der Waals surface area contributed by atoms with Crippen LogP contribution in [0.3, 0.4) is 0 Å². The van der Waals surface area contributed by atoms with Crippen LogP contribution < -0.4 is 0 Å². The third-order valence-corrected chi connectivity index (χ3v) is 5.53. The van der Waals surface area contributed by atoms with Crippen molar-refractivity contribution < 1.29 is 19.4 Å². The van der Waals surface area contributed by atoms with Gasteiger partial charge in [0.2, 0.25) is 0 Å². The molecule has 0 saturated carbocycles. The number of carboxylic acid groups (broad SMARTS) is 1. The van der Waals surface area contributed by atoms with Gasteiger partial charge in [0.25, 0.3) is 0 Å². The van der Waals surface area contributed by atoms with Gasteiger partial charge in [0.1, 0.15) is 10.7 Å². The van der Waals surface area contributed by atoms with Crippen molar-refractivity contribution in [3.05, 3.63) is 57.5 Å². The minimum absolute atomic E-state index is 0.170. The van der Waals surface area contributed by atoms with E-state index in [2.05, 4.69) is 4.90 Å². The number of aromatic carboxylic acids is 1. The molecule has 6 heteroatoms. The zero-order valence-electron chi connectivity index (χ0n) is 13.2. The first-order valence-corrected chi connectivity index (χ1v) is 8.87. The maximum Gasteiger partial charge on any atom is 0.345 e. The number of nitrogens with zero attached hydrogens (tertiary/aromatic N) is 1. The maximum atomic E-state index is 13.0. The second kappa shape index (κ2) is 7.42. The van der Waals surface area contributed by atoms with Crippen molar-refractivity contribution in [2.75, 3.05) is 13.1 Å². The quantitative estimate of drug-likeness (QED) is 0.867. The number of piperidine rings is 1. The minimum Gasteiger partial charge on any atom is -0.477 e. The topological polar surface area (TPSA) is 60.8 Å². The Hall–Kier alpha value is -1.76. The molecule has 0 aliphatic carbocycles. The van der Waals surface area contributed by atoms with Crippen molar-refractivity contribution in [3.63, 3.8) is 0 Å². The fraction of sp³-hybridized carbons (Fsp3) is 0.389. The Bertz CT molecular complexity index is 693. The van der Waals surface area contributed by atoms with Crippen molar-refractivity contribution in [1.29, 1.82) is 0 Å². The molecule has 1 aromatic heterocycles. The highest BCUT2D eigenvalue weighted by atomic mass is 32.1. The van der Waals surface area contributed by atoms with Gasteiger partial charge >= 0.3 is 5.97 Å². The molecule has 0 amide bonds. The molecule has 2 N–H and O–H groups in total. The molecule has 1 aromatic carbocycles. The molecule has 1 fully saturated rings. The molecule has 4 nitrogen and oxygen atoms in total. The SMILES string of the molecule is O=C(O)c1cc(CN2CCC(C(O)c3ccc(F)cc3)CC2)cs1. The summed E-state index contributed by atoms with van der Waals surface area (Å²) >= 11 is 1.25. The summed E-state index contributed by atoms with van der Waals surface area (Å²) in [6.07, 6.45) is 1.18. The van der Waals surface area contributed by atoms with Gasteiger partial charge in [-0.2, -0.15) is 0 Å². The van der Waals surface area contributed by atoms with E-state index < -0.39 is 12.1 Å². The summed E-state index contributed by atoms with van der Waals surface area (Å²) in [7, 11) is 0. The van der Waals surface area contributed by atoms with Crippen molar-refractivity contribution in [2.45, 2.75) is 25.5 Å². The van der Waals surface area contributed by atoms with Crippen LogP contribution in [0.4, 0.5) is 4.39 Å². The highest BCUT2D eigenvalue weighted by Gasteiger charge is 2.26. The predicted molar refractivity (Wildman–Crippen MR) is 90.6 cm³/mol. The molecule has 0 bridgehead atoms. The molecule has 1 saturated heterocycles. The summed E-state index contributed by atoms with van der Waals surface area (Å²) in [6.45, 7) is 2.46. The third kappa shape index (κ3) is 4.01. The number of carbonyl (C=O) groups is 1. The van der Waals surface area contributed by atoms with Gasteiger partial charge in [0.15, 0.2) is 0 Å². The van der Waals surface area contributed by atoms with E-state index in [1.807, 2.05) is 5.38 Å². The van der Waals surface area contributed by atoms with Crippen molar-refractivity contribution in [1.82, 2.24) is 4.90 Å². The van der Waals surface area contributed by atoms with Gasteiger partial charge in [-0.25, -0.2) is 9.18 Å². The van der Waals surface area contributed by atoms with Crippen LogP contribution in [0.25, 0.3) is 0 Å². The summed E-state index contributed by atoms with van der Waals surface area (Å²) in [5.41, 5.74) is 1.79. The van der Waals surface area contributed by atoms with Crippen LogP contribution in [0.15, 0.2) is 35.7 Å². The van der Waals surface area contributed by atoms with Crippen LogP contribution >= 0.6 is 11.3 Å². The Kier molecular flexibility index (Phi) is 5.28. The number of likely N-dealkylation sites (tertiary alicyclic amines) is 1. The van der Waals surface area contributed by atoms with Gasteiger partial charge in [0.05, 0.1) is 6.10 Å². The Balaban J connectivity index is 1.53. The number of hydrogen-bond acceptors (Lipinski definition) is 4. The molecule has 1 atom stereocenters. The normalized spacial score (nSPS) is 17.8. The van der Waals surface area contributed by atoms with Crippen LogP contribution in [0, 0.1) is 11.7 Å². The fourth-order valence-electron chi connectivity index (χ4n) is 3.19. The van der Waals surface area contributed by atoms with E-state index in [4.69, 9.17) is 5.11 Å². The molecule has 24 heavy (non-hydrogen) atoms. The number of hydrogen-bond donors (Lipinski definition) is 2. The first-order valence-electron chi connectivity index (χ1n) is 7.99. The van der Waals surface area contributed by atoms with Gasteiger partial charge in [-0.15, -0.1) is 11.3 Å². The number of benzene rings is 1. The number of carboxylic acids is 1. The van der Waals surface area contributed by atoms with E-state index in [0.717, 1.165) is 43.6 Å². The largest absolute Gasteiger partial charge is 0.477 e. The Morgan fingerprint density at radius 3 is 2.54 bits per heavy atom. The summed E-state index contributed by atoms with van der Waals surface area (Å²) in [4.78, 5) is 13.6. The number of aliphatic hydroxyl groups is 1. The maximum absolute atomic E-state index is 13.0. The average Bonchev–Trinajstić information content (AvgIpc) is 3.04. The van der Waals surface area contributed by atoms with E-state index in [-0.39, 0.29) is 11.7 Å². The Labute approximate surface area is 144 Å². The number of aliphatic hydroxyl groups excluding tert-OH is 1. The zero-order valence-corrected chi connectivity index (χ0v) is 14.0. The van der Waals surface area contributed by atoms with Gasteiger partial charge in [-0.3, -0.25) is 4.90 Å². The number of rotatable bonds is 5. The lowest BCUT2D eigenvalue weighted by Gasteiger charge is -2.34. The molecule has 1 unspecified atom stereocenters. The molecule has 1 aliphatic heterocycles. The summed E-state index contributed by atoms with van der Waals surface area (Å²) in [5.74, 6) is -1.01. The first-order chi connectivity index (χ1) is 11.5. The molecule has 1 aliphatic rings. The summed E-state index contributed by atoms with van der Waals surface area (Å²) < 4.78 is 13.0. The number of thiophene rings is 1. The minimum atomic E-state index is -0.882. The van der Waals surface area contributed by atoms with Crippen molar-refractivity contribution in [2.24, 2.45) is 5.92 Å². The van der Waals surface area contributed by atoms with Crippen molar-refractivity contribution in [3.8, 4) is 0 Å². The highest BCUT2D eigenvalue weighted by molar-refractivity contribution is 7.12.